The van der Waals surface area contributed by atoms with Crippen LogP contribution in [0.1, 0.15) is 20.3 Å². The zero-order chi connectivity index (χ0) is 8.69. The highest BCUT2D eigenvalue weighted by atomic mass is 29.2. The van der Waals surface area contributed by atoms with Crippen molar-refractivity contribution in [1.82, 2.24) is 0 Å². The highest BCUT2D eigenvalue weighted by Crippen LogP contribution is 2.02. The van der Waals surface area contributed by atoms with Gasteiger partial charge in [-0.1, -0.05) is 26.4 Å². The van der Waals surface area contributed by atoms with Gasteiger partial charge in [-0.2, -0.15) is 0 Å². The van der Waals surface area contributed by atoms with Crippen LogP contribution >= 0.6 is 0 Å². The molecule has 0 saturated carbocycles. The van der Waals surface area contributed by atoms with Gasteiger partial charge in [-0.25, -0.2) is 0 Å². The summed E-state index contributed by atoms with van der Waals surface area (Å²) in [4.78, 5) is 0. The predicted molar refractivity (Wildman–Crippen MR) is 56.3 cm³/mol. The lowest BCUT2D eigenvalue weighted by Crippen LogP contribution is -2.26. The third-order valence-electron chi connectivity index (χ3n) is 1.39. The number of hydrogen-bond donors (Lipinski definition) is 1. The molecule has 1 aliphatic heterocycles. The summed E-state index contributed by atoms with van der Waals surface area (Å²) in [7, 11) is -0.106. The van der Waals surface area contributed by atoms with Crippen molar-refractivity contribution >= 4 is 17.6 Å². The van der Waals surface area contributed by atoms with Crippen LogP contribution in [0.5, 0.6) is 0 Å². The Bertz CT molecular complexity index is 81.8. The lowest BCUT2D eigenvalue weighted by Gasteiger charge is -2.14. The predicted octanol–water partition coefficient (Wildman–Crippen LogP) is 0.198. The number of rotatable bonds is 0. The average molecular weight is 191 g/mol. The first-order valence-corrected chi connectivity index (χ1v) is 10.3. The molecule has 0 spiro atoms. The summed E-state index contributed by atoms with van der Waals surface area (Å²) in [6, 6.07) is 1.90. The Morgan fingerprint density at radius 2 is 2.09 bits per heavy atom. The fourth-order valence-corrected chi connectivity index (χ4v) is 5.78. The van der Waals surface area contributed by atoms with Crippen LogP contribution < -0.4 is 5.73 Å². The molecule has 68 valence electrons. The molecule has 0 bridgehead atoms. The molecule has 0 aliphatic carbocycles. The van der Waals surface area contributed by atoms with E-state index in [0.717, 1.165) is 6.61 Å². The number of nitrogens with two attached hydrogens (primary N) is 1. The standard InChI is InChI=1S/C4H12OSi2.C3H9N/c1-7-4-2-3-5-6-7;1-3(2)4/h7H,2-4,6H2,1H3;3H,4H2,1-2H3. The first-order chi connectivity index (χ1) is 5.13. The van der Waals surface area contributed by atoms with E-state index in [0.29, 0.717) is 6.04 Å². The average Bonchev–Trinajstić information content (AvgIpc) is 1.87. The molecular formula is C7H21NOSi2. The van der Waals surface area contributed by atoms with Crippen LogP contribution in [0.25, 0.3) is 0 Å². The van der Waals surface area contributed by atoms with Crippen LogP contribution in [-0.2, 0) is 4.43 Å². The van der Waals surface area contributed by atoms with Crippen LogP contribution in [0.15, 0.2) is 0 Å². The molecule has 11 heavy (non-hydrogen) atoms. The topological polar surface area (TPSA) is 35.2 Å². The van der Waals surface area contributed by atoms with Crippen molar-refractivity contribution in [3.8, 4) is 0 Å². The third kappa shape index (κ3) is 10.4. The van der Waals surface area contributed by atoms with E-state index in [4.69, 9.17) is 10.2 Å². The molecule has 4 heteroatoms. The minimum absolute atomic E-state index is 0.0718. The van der Waals surface area contributed by atoms with E-state index in [-0.39, 0.29) is 17.6 Å². The second-order valence-corrected chi connectivity index (χ2v) is 12.3. The highest BCUT2D eigenvalue weighted by Gasteiger charge is 2.09. The van der Waals surface area contributed by atoms with Crippen molar-refractivity contribution in [3.05, 3.63) is 0 Å². The van der Waals surface area contributed by atoms with E-state index in [9.17, 15) is 0 Å². The zero-order valence-corrected chi connectivity index (χ0v) is 10.5. The Morgan fingerprint density at radius 1 is 1.55 bits per heavy atom. The normalized spacial score (nSPS) is 26.5. The molecule has 1 aliphatic rings. The van der Waals surface area contributed by atoms with Gasteiger partial charge in [-0.05, 0) is 12.5 Å². The molecule has 1 atom stereocenters. The Balaban J connectivity index is 0.000000218. The summed E-state index contributed by atoms with van der Waals surface area (Å²) in [6.45, 7) is 7.41. The second kappa shape index (κ2) is 7.03. The van der Waals surface area contributed by atoms with Crippen molar-refractivity contribution in [2.24, 2.45) is 5.73 Å². The molecule has 1 rings (SSSR count). The maximum atomic E-state index is 5.38. The smallest absolute Gasteiger partial charge is 0.147 e. The lowest BCUT2D eigenvalue weighted by molar-refractivity contribution is 0.335. The summed E-state index contributed by atoms with van der Waals surface area (Å²) in [5, 5.41) is 0. The molecule has 1 fully saturated rings. The van der Waals surface area contributed by atoms with Crippen molar-refractivity contribution in [2.75, 3.05) is 6.61 Å². The van der Waals surface area contributed by atoms with Gasteiger partial charge < -0.3 is 10.2 Å². The summed E-state index contributed by atoms with van der Waals surface area (Å²) >= 11 is 0. The first kappa shape index (κ1) is 11.4. The van der Waals surface area contributed by atoms with Crippen LogP contribution in [0.4, 0.5) is 0 Å². The van der Waals surface area contributed by atoms with E-state index in [2.05, 4.69) is 6.55 Å². The Labute approximate surface area is 73.8 Å². The molecule has 1 saturated heterocycles. The van der Waals surface area contributed by atoms with Crippen LogP contribution in [0.3, 0.4) is 0 Å². The Hall–Kier alpha value is 0.354. The quantitative estimate of drug-likeness (QED) is 0.555. The molecule has 2 nitrogen and oxygen atoms in total. The molecular weight excluding hydrogens is 170 g/mol. The Morgan fingerprint density at radius 3 is 2.27 bits per heavy atom. The molecule has 0 amide bonds. The molecule has 0 aromatic carbocycles. The zero-order valence-electron chi connectivity index (χ0n) is 7.97. The molecule has 1 unspecified atom stereocenters. The van der Waals surface area contributed by atoms with E-state index in [1.54, 1.807) is 6.04 Å². The monoisotopic (exact) mass is 191 g/mol. The Kier molecular flexibility index (Phi) is 7.25. The van der Waals surface area contributed by atoms with E-state index < -0.39 is 0 Å². The van der Waals surface area contributed by atoms with Gasteiger partial charge in [0.1, 0.15) is 9.28 Å². The van der Waals surface area contributed by atoms with E-state index in [1.807, 2.05) is 13.8 Å². The van der Waals surface area contributed by atoms with Gasteiger partial charge in [0.05, 0.1) is 8.31 Å². The fraction of sp³-hybridized carbons (Fsp3) is 1.00. The highest BCUT2D eigenvalue weighted by molar-refractivity contribution is 7.09. The van der Waals surface area contributed by atoms with Gasteiger partial charge in [0, 0.05) is 6.61 Å². The van der Waals surface area contributed by atoms with E-state index >= 15 is 0 Å². The van der Waals surface area contributed by atoms with Gasteiger partial charge in [0.15, 0.2) is 0 Å². The van der Waals surface area contributed by atoms with Crippen molar-refractivity contribution in [1.29, 1.82) is 0 Å². The first-order valence-electron chi connectivity index (χ1n) is 4.46. The van der Waals surface area contributed by atoms with Gasteiger partial charge in [0.25, 0.3) is 0 Å². The summed E-state index contributed by atoms with van der Waals surface area (Å²) in [5.41, 5.74) is 5.11. The lowest BCUT2D eigenvalue weighted by atomic mass is 10.5. The second-order valence-electron chi connectivity index (χ2n) is 3.57. The number of hydrogen-bond acceptors (Lipinski definition) is 2. The fourth-order valence-electron chi connectivity index (χ4n) is 0.902. The summed E-state index contributed by atoms with van der Waals surface area (Å²) in [5.74, 6) is 0. The van der Waals surface area contributed by atoms with E-state index in [1.165, 1.54) is 6.42 Å². The minimum Gasteiger partial charge on any atom is -0.428 e. The maximum Gasteiger partial charge on any atom is 0.147 e. The minimum atomic E-state index is -0.178. The molecule has 0 aromatic rings. The largest absolute Gasteiger partial charge is 0.428 e. The SMILES string of the molecule is CC(C)N.C[SiH]1CCCO[SiH2]1. The summed E-state index contributed by atoms with van der Waals surface area (Å²) in [6.07, 6.45) is 1.36. The van der Waals surface area contributed by atoms with Crippen molar-refractivity contribution in [2.45, 2.75) is 38.9 Å². The molecule has 1 heterocycles. The molecule has 0 radical (unpaired) electrons. The molecule has 0 aromatic heterocycles. The van der Waals surface area contributed by atoms with Crippen molar-refractivity contribution < 1.29 is 4.43 Å². The summed E-state index contributed by atoms with van der Waals surface area (Å²) < 4.78 is 5.38. The van der Waals surface area contributed by atoms with Crippen LogP contribution in [-0.4, -0.2) is 30.2 Å². The van der Waals surface area contributed by atoms with Gasteiger partial charge in [0.2, 0.25) is 0 Å². The van der Waals surface area contributed by atoms with Crippen LogP contribution in [0, 0.1) is 0 Å². The van der Waals surface area contributed by atoms with Gasteiger partial charge in [-0.3, -0.25) is 0 Å². The molecule has 2 N–H and O–H groups in total. The van der Waals surface area contributed by atoms with Crippen LogP contribution in [0.2, 0.25) is 12.6 Å². The maximum absolute atomic E-state index is 5.38. The van der Waals surface area contributed by atoms with Crippen molar-refractivity contribution in [3.63, 3.8) is 0 Å². The third-order valence-corrected chi connectivity index (χ3v) is 7.51. The van der Waals surface area contributed by atoms with Gasteiger partial charge in [-0.15, -0.1) is 0 Å². The van der Waals surface area contributed by atoms with Gasteiger partial charge >= 0.3 is 0 Å².